The maximum atomic E-state index is 3.44. The first-order chi connectivity index (χ1) is 6.33. The third-order valence-corrected chi connectivity index (χ3v) is 2.72. The highest BCUT2D eigenvalue weighted by atomic mass is 79.9. The summed E-state index contributed by atoms with van der Waals surface area (Å²) in [6.07, 6.45) is 6.71. The lowest BCUT2D eigenvalue weighted by molar-refractivity contribution is 0.983. The Kier molecular flexibility index (Phi) is 5.40. The van der Waals surface area contributed by atoms with E-state index in [0.717, 1.165) is 16.2 Å². The molecule has 0 nitrogen and oxygen atoms in total. The van der Waals surface area contributed by atoms with E-state index in [1.54, 1.807) is 0 Å². The minimum absolute atomic E-state index is 1.08. The van der Waals surface area contributed by atoms with Crippen molar-refractivity contribution in [2.75, 3.05) is 5.33 Å². The quantitative estimate of drug-likeness (QED) is 0.561. The number of alkyl halides is 1. The normalized spacial score (nSPS) is 10.9. The molecule has 0 spiro atoms. The molecule has 1 aromatic rings. The van der Waals surface area contributed by atoms with E-state index >= 15 is 0 Å². The average Bonchev–Trinajstić information content (AvgIpc) is 2.13. The predicted molar refractivity (Wildman–Crippen MR) is 66.2 cm³/mol. The maximum absolute atomic E-state index is 3.44. The summed E-state index contributed by atoms with van der Waals surface area (Å²) >= 11 is 6.85. The second-order valence-electron chi connectivity index (χ2n) is 2.79. The minimum Gasteiger partial charge on any atom is -0.0928 e. The van der Waals surface area contributed by atoms with Crippen LogP contribution in [0.5, 0.6) is 0 Å². The van der Waals surface area contributed by atoms with Crippen molar-refractivity contribution < 1.29 is 0 Å². The second-order valence-corrected chi connectivity index (χ2v) is 4.50. The average molecular weight is 304 g/mol. The van der Waals surface area contributed by atoms with Crippen molar-refractivity contribution in [3.63, 3.8) is 0 Å². The molecule has 0 heterocycles. The van der Waals surface area contributed by atoms with Gasteiger partial charge in [-0.2, -0.15) is 0 Å². The molecule has 0 saturated heterocycles. The number of hydrogen-bond acceptors (Lipinski definition) is 0. The number of hydrogen-bond donors (Lipinski definition) is 0. The summed E-state index contributed by atoms with van der Waals surface area (Å²) in [5.74, 6) is 0. The lowest BCUT2D eigenvalue weighted by atomic mass is 10.2. The van der Waals surface area contributed by atoms with Gasteiger partial charge in [0, 0.05) is 9.80 Å². The Morgan fingerprint density at radius 1 is 1.31 bits per heavy atom. The van der Waals surface area contributed by atoms with E-state index in [1.807, 2.05) is 12.1 Å². The van der Waals surface area contributed by atoms with Crippen LogP contribution in [0.15, 0.2) is 34.8 Å². The number of benzene rings is 1. The van der Waals surface area contributed by atoms with Crippen LogP contribution in [-0.2, 0) is 0 Å². The SMILES string of the molecule is BrCCC/C=C/c1cccc(Br)c1. The van der Waals surface area contributed by atoms with Gasteiger partial charge >= 0.3 is 0 Å². The Morgan fingerprint density at radius 2 is 2.15 bits per heavy atom. The van der Waals surface area contributed by atoms with Gasteiger partial charge in [-0.25, -0.2) is 0 Å². The first-order valence-electron chi connectivity index (χ1n) is 4.31. The van der Waals surface area contributed by atoms with Crippen molar-refractivity contribution in [2.45, 2.75) is 12.8 Å². The molecule has 0 unspecified atom stereocenters. The first kappa shape index (κ1) is 11.0. The molecule has 70 valence electrons. The summed E-state index contributed by atoms with van der Waals surface area (Å²) < 4.78 is 1.13. The van der Waals surface area contributed by atoms with Crippen molar-refractivity contribution in [3.05, 3.63) is 40.4 Å². The van der Waals surface area contributed by atoms with Gasteiger partial charge in [0.15, 0.2) is 0 Å². The van der Waals surface area contributed by atoms with E-state index in [0.29, 0.717) is 0 Å². The van der Waals surface area contributed by atoms with Crippen molar-refractivity contribution in [1.29, 1.82) is 0 Å². The summed E-state index contributed by atoms with van der Waals surface area (Å²) in [7, 11) is 0. The van der Waals surface area contributed by atoms with Gasteiger partial charge < -0.3 is 0 Å². The molecule has 0 aromatic heterocycles. The zero-order valence-electron chi connectivity index (χ0n) is 7.34. The van der Waals surface area contributed by atoms with Crippen molar-refractivity contribution in [3.8, 4) is 0 Å². The minimum atomic E-state index is 1.08. The molecule has 0 N–H and O–H groups in total. The lowest BCUT2D eigenvalue weighted by Gasteiger charge is -1.94. The summed E-state index contributed by atoms with van der Waals surface area (Å²) in [6.45, 7) is 0. The molecule has 0 amide bonds. The zero-order valence-corrected chi connectivity index (χ0v) is 10.5. The number of unbranched alkanes of at least 4 members (excludes halogenated alkanes) is 1. The van der Waals surface area contributed by atoms with Crippen LogP contribution in [-0.4, -0.2) is 5.33 Å². The molecule has 0 atom stereocenters. The summed E-state index contributed by atoms with van der Waals surface area (Å²) in [5, 5.41) is 1.08. The standard InChI is InChI=1S/C11H12Br2/c12-8-3-1-2-5-10-6-4-7-11(13)9-10/h2,4-7,9H,1,3,8H2/b5-2+. The highest BCUT2D eigenvalue weighted by molar-refractivity contribution is 9.10. The molecule has 0 aliphatic rings. The maximum Gasteiger partial charge on any atom is 0.0181 e. The number of halogens is 2. The van der Waals surface area contributed by atoms with Crippen LogP contribution < -0.4 is 0 Å². The van der Waals surface area contributed by atoms with Crippen LogP contribution in [0.25, 0.3) is 6.08 Å². The Balaban J connectivity index is 2.48. The van der Waals surface area contributed by atoms with Gasteiger partial charge in [0.05, 0.1) is 0 Å². The number of rotatable bonds is 4. The summed E-state index contributed by atoms with van der Waals surface area (Å²) in [5.41, 5.74) is 1.25. The van der Waals surface area contributed by atoms with E-state index in [9.17, 15) is 0 Å². The lowest BCUT2D eigenvalue weighted by Crippen LogP contribution is -1.73. The summed E-state index contributed by atoms with van der Waals surface area (Å²) in [4.78, 5) is 0. The smallest absolute Gasteiger partial charge is 0.0181 e. The second kappa shape index (κ2) is 6.39. The van der Waals surface area contributed by atoms with Crippen molar-refractivity contribution >= 4 is 37.9 Å². The third-order valence-electron chi connectivity index (χ3n) is 1.66. The van der Waals surface area contributed by atoms with Gasteiger partial charge in [0.25, 0.3) is 0 Å². The van der Waals surface area contributed by atoms with Crippen LogP contribution in [0.2, 0.25) is 0 Å². The molecule has 0 radical (unpaired) electrons. The van der Waals surface area contributed by atoms with Gasteiger partial charge in [-0.1, -0.05) is 56.1 Å². The van der Waals surface area contributed by atoms with Crippen LogP contribution in [0.3, 0.4) is 0 Å². The Hall–Kier alpha value is -0.0800. The third kappa shape index (κ3) is 4.63. The van der Waals surface area contributed by atoms with Crippen LogP contribution in [0.4, 0.5) is 0 Å². The Morgan fingerprint density at radius 3 is 2.85 bits per heavy atom. The van der Waals surface area contributed by atoms with Gasteiger partial charge in [0.1, 0.15) is 0 Å². The van der Waals surface area contributed by atoms with Gasteiger partial charge in [-0.05, 0) is 30.5 Å². The molecular formula is C11H12Br2. The molecule has 1 aromatic carbocycles. The largest absolute Gasteiger partial charge is 0.0928 e. The highest BCUT2D eigenvalue weighted by Gasteiger charge is 1.87. The molecule has 1 rings (SSSR count). The van der Waals surface area contributed by atoms with Crippen LogP contribution in [0.1, 0.15) is 18.4 Å². The van der Waals surface area contributed by atoms with E-state index in [1.165, 1.54) is 12.0 Å². The zero-order chi connectivity index (χ0) is 9.52. The van der Waals surface area contributed by atoms with Crippen LogP contribution >= 0.6 is 31.9 Å². The molecule has 0 bridgehead atoms. The summed E-state index contributed by atoms with van der Waals surface area (Å²) in [6, 6.07) is 8.31. The first-order valence-corrected chi connectivity index (χ1v) is 6.22. The topological polar surface area (TPSA) is 0 Å². The monoisotopic (exact) mass is 302 g/mol. The molecule has 0 aliphatic carbocycles. The van der Waals surface area contributed by atoms with Gasteiger partial charge in [-0.15, -0.1) is 0 Å². The fourth-order valence-corrected chi connectivity index (χ4v) is 1.77. The van der Waals surface area contributed by atoms with Gasteiger partial charge in [0.2, 0.25) is 0 Å². The van der Waals surface area contributed by atoms with Crippen molar-refractivity contribution in [1.82, 2.24) is 0 Å². The van der Waals surface area contributed by atoms with E-state index in [-0.39, 0.29) is 0 Å². The fraction of sp³-hybridized carbons (Fsp3) is 0.273. The molecular weight excluding hydrogens is 292 g/mol. The Labute approximate surface area is 96.3 Å². The molecule has 0 saturated carbocycles. The van der Waals surface area contributed by atoms with Crippen molar-refractivity contribution in [2.24, 2.45) is 0 Å². The Bertz CT molecular complexity index is 279. The van der Waals surface area contributed by atoms with Crippen LogP contribution in [0, 0.1) is 0 Å². The fourth-order valence-electron chi connectivity index (χ4n) is 1.02. The van der Waals surface area contributed by atoms with E-state index in [4.69, 9.17) is 0 Å². The molecule has 13 heavy (non-hydrogen) atoms. The molecule has 0 fully saturated rings. The molecule has 2 heteroatoms. The predicted octanol–water partition coefficient (Wildman–Crippen LogP) is 4.64. The highest BCUT2D eigenvalue weighted by Crippen LogP contribution is 2.13. The van der Waals surface area contributed by atoms with E-state index in [2.05, 4.69) is 56.1 Å². The number of allylic oxidation sites excluding steroid dienone is 1. The van der Waals surface area contributed by atoms with Gasteiger partial charge in [-0.3, -0.25) is 0 Å². The molecule has 0 aliphatic heterocycles. The van der Waals surface area contributed by atoms with E-state index < -0.39 is 0 Å².